The molecule has 60 valence electrons. The Bertz CT molecular complexity index is 234. The lowest BCUT2D eigenvalue weighted by atomic mass is 10.3. The number of aromatic nitrogens is 2. The average molecular weight is 264 g/mol. The zero-order valence-electron chi connectivity index (χ0n) is 6.03. The van der Waals surface area contributed by atoms with Crippen molar-refractivity contribution >= 4 is 28.9 Å². The summed E-state index contributed by atoms with van der Waals surface area (Å²) in [4.78, 5) is 9.97. The number of hydrogen-bond donors (Lipinski definition) is 0. The molecule has 0 aromatic carbocycles. The van der Waals surface area contributed by atoms with Crippen molar-refractivity contribution in [1.29, 1.82) is 0 Å². The molecule has 1 aromatic rings. The molecule has 0 fully saturated rings. The number of aldehydes is 1. The van der Waals surface area contributed by atoms with Crippen molar-refractivity contribution in [2.45, 2.75) is 19.4 Å². The van der Waals surface area contributed by atoms with Gasteiger partial charge in [-0.2, -0.15) is 5.10 Å². The summed E-state index contributed by atoms with van der Waals surface area (Å²) in [6.45, 7) is 0.835. The maximum Gasteiger partial charge on any atom is 0.120 e. The minimum absolute atomic E-state index is 0.621. The Kier molecular flexibility index (Phi) is 3.55. The molecule has 0 bridgehead atoms. The van der Waals surface area contributed by atoms with Crippen LogP contribution in [-0.2, 0) is 11.3 Å². The fourth-order valence-corrected chi connectivity index (χ4v) is 1.24. The van der Waals surface area contributed by atoms with Crippen LogP contribution >= 0.6 is 22.6 Å². The van der Waals surface area contributed by atoms with Crippen molar-refractivity contribution < 1.29 is 4.79 Å². The Morgan fingerprint density at radius 1 is 1.73 bits per heavy atom. The Morgan fingerprint density at radius 3 is 3.09 bits per heavy atom. The van der Waals surface area contributed by atoms with Gasteiger partial charge in [-0.15, -0.1) is 0 Å². The van der Waals surface area contributed by atoms with Gasteiger partial charge in [-0.05, 0) is 29.0 Å². The average Bonchev–Trinajstić information content (AvgIpc) is 2.37. The number of unbranched alkanes of at least 4 members (excludes halogenated alkanes) is 1. The smallest absolute Gasteiger partial charge is 0.120 e. The van der Waals surface area contributed by atoms with E-state index >= 15 is 0 Å². The van der Waals surface area contributed by atoms with Crippen molar-refractivity contribution in [2.24, 2.45) is 0 Å². The summed E-state index contributed by atoms with van der Waals surface area (Å²) in [5.41, 5.74) is 0. The van der Waals surface area contributed by atoms with Crippen LogP contribution in [0.2, 0.25) is 0 Å². The molecule has 0 N–H and O–H groups in total. The number of aryl methyl sites for hydroxylation is 1. The second-order valence-electron chi connectivity index (χ2n) is 2.23. The van der Waals surface area contributed by atoms with Gasteiger partial charge in [-0.1, -0.05) is 0 Å². The molecule has 1 rings (SSSR count). The largest absolute Gasteiger partial charge is 0.303 e. The molecule has 0 aliphatic rings. The third-order valence-corrected chi connectivity index (χ3v) is 1.87. The molecule has 0 amide bonds. The maximum absolute atomic E-state index is 9.97. The summed E-state index contributed by atoms with van der Waals surface area (Å²) < 4.78 is 2.99. The third kappa shape index (κ3) is 3.00. The molecule has 3 nitrogen and oxygen atoms in total. The summed E-state index contributed by atoms with van der Waals surface area (Å²) in [6.07, 6.45) is 6.21. The molecular weight excluding hydrogens is 255 g/mol. The fraction of sp³-hybridized carbons (Fsp3) is 0.429. The van der Waals surface area contributed by atoms with Crippen LogP contribution in [0.3, 0.4) is 0 Å². The number of halogens is 1. The Hall–Kier alpha value is -0.390. The lowest BCUT2D eigenvalue weighted by Crippen LogP contribution is -1.97. The van der Waals surface area contributed by atoms with Gasteiger partial charge >= 0.3 is 0 Å². The van der Waals surface area contributed by atoms with Crippen LogP contribution in [0.4, 0.5) is 0 Å². The van der Waals surface area contributed by atoms with Gasteiger partial charge in [0.2, 0.25) is 0 Å². The lowest BCUT2D eigenvalue weighted by molar-refractivity contribution is -0.107. The summed E-state index contributed by atoms with van der Waals surface area (Å²) in [7, 11) is 0. The van der Waals surface area contributed by atoms with Gasteiger partial charge in [0.1, 0.15) is 6.29 Å². The third-order valence-electron chi connectivity index (χ3n) is 1.31. The molecule has 0 saturated carbocycles. The van der Waals surface area contributed by atoms with Gasteiger partial charge in [0.05, 0.1) is 9.77 Å². The molecular formula is C7H9IN2O. The molecule has 11 heavy (non-hydrogen) atoms. The van der Waals surface area contributed by atoms with Gasteiger partial charge in [-0.3, -0.25) is 4.68 Å². The second kappa shape index (κ2) is 4.48. The molecule has 0 spiro atoms. The lowest BCUT2D eigenvalue weighted by Gasteiger charge is -1.95. The number of hydrogen-bond acceptors (Lipinski definition) is 2. The zero-order chi connectivity index (χ0) is 8.10. The SMILES string of the molecule is O=CCCCn1cc(I)cn1. The van der Waals surface area contributed by atoms with Crippen molar-refractivity contribution in [3.05, 3.63) is 16.0 Å². The van der Waals surface area contributed by atoms with E-state index in [-0.39, 0.29) is 0 Å². The summed E-state index contributed by atoms with van der Waals surface area (Å²) in [5.74, 6) is 0. The van der Waals surface area contributed by atoms with Crippen molar-refractivity contribution in [3.8, 4) is 0 Å². The number of nitrogens with zero attached hydrogens (tertiary/aromatic N) is 2. The monoisotopic (exact) mass is 264 g/mol. The topological polar surface area (TPSA) is 34.9 Å². The molecule has 4 heteroatoms. The first-order valence-electron chi connectivity index (χ1n) is 3.44. The van der Waals surface area contributed by atoms with Crippen molar-refractivity contribution in [3.63, 3.8) is 0 Å². The van der Waals surface area contributed by atoms with Crippen LogP contribution in [0.1, 0.15) is 12.8 Å². The Morgan fingerprint density at radius 2 is 2.55 bits per heavy atom. The van der Waals surface area contributed by atoms with E-state index in [0.29, 0.717) is 6.42 Å². The van der Waals surface area contributed by atoms with E-state index in [1.807, 2.05) is 17.1 Å². The minimum atomic E-state index is 0.621. The molecule has 1 aromatic heterocycles. The van der Waals surface area contributed by atoms with E-state index < -0.39 is 0 Å². The molecule has 0 aliphatic heterocycles. The quantitative estimate of drug-likeness (QED) is 0.469. The molecule has 1 heterocycles. The molecule has 0 radical (unpaired) electrons. The molecule has 0 saturated heterocycles. The van der Waals surface area contributed by atoms with Crippen LogP contribution in [-0.4, -0.2) is 16.1 Å². The van der Waals surface area contributed by atoms with Gasteiger partial charge in [0, 0.05) is 19.2 Å². The number of carbonyl (C=O) groups excluding carboxylic acids is 1. The standard InChI is InChI=1S/C7H9IN2O/c8-7-5-9-10(6-7)3-1-2-4-11/h4-6H,1-3H2. The summed E-state index contributed by atoms with van der Waals surface area (Å²) >= 11 is 2.21. The van der Waals surface area contributed by atoms with Crippen molar-refractivity contribution in [2.75, 3.05) is 0 Å². The van der Waals surface area contributed by atoms with E-state index in [1.165, 1.54) is 0 Å². The second-order valence-corrected chi connectivity index (χ2v) is 3.48. The number of carbonyl (C=O) groups is 1. The predicted molar refractivity (Wildman–Crippen MR) is 50.2 cm³/mol. The van der Waals surface area contributed by atoms with Crippen LogP contribution in [0, 0.1) is 3.57 Å². The summed E-state index contributed by atoms with van der Waals surface area (Å²) in [6, 6.07) is 0. The molecule has 0 atom stereocenters. The van der Waals surface area contributed by atoms with E-state index in [1.54, 1.807) is 0 Å². The highest BCUT2D eigenvalue weighted by Gasteiger charge is 1.93. The fourth-order valence-electron chi connectivity index (χ4n) is 0.797. The van der Waals surface area contributed by atoms with Crippen LogP contribution in [0.25, 0.3) is 0 Å². The Labute approximate surface area is 78.9 Å². The van der Waals surface area contributed by atoms with Gasteiger partial charge in [0.15, 0.2) is 0 Å². The number of rotatable bonds is 4. The first kappa shape index (κ1) is 8.70. The van der Waals surface area contributed by atoms with E-state index in [9.17, 15) is 4.79 Å². The van der Waals surface area contributed by atoms with Crippen LogP contribution in [0.15, 0.2) is 12.4 Å². The van der Waals surface area contributed by atoms with E-state index in [2.05, 4.69) is 27.7 Å². The summed E-state index contributed by atoms with van der Waals surface area (Å²) in [5, 5.41) is 4.08. The van der Waals surface area contributed by atoms with Crippen LogP contribution < -0.4 is 0 Å². The highest BCUT2D eigenvalue weighted by atomic mass is 127. The molecule has 0 unspecified atom stereocenters. The minimum Gasteiger partial charge on any atom is -0.303 e. The first-order chi connectivity index (χ1) is 5.33. The zero-order valence-corrected chi connectivity index (χ0v) is 8.19. The normalized spacial score (nSPS) is 9.91. The van der Waals surface area contributed by atoms with Gasteiger partial charge in [-0.25, -0.2) is 0 Å². The van der Waals surface area contributed by atoms with Crippen molar-refractivity contribution in [1.82, 2.24) is 9.78 Å². The first-order valence-corrected chi connectivity index (χ1v) is 4.52. The highest BCUT2D eigenvalue weighted by molar-refractivity contribution is 14.1. The van der Waals surface area contributed by atoms with Gasteiger partial charge in [0.25, 0.3) is 0 Å². The van der Waals surface area contributed by atoms with E-state index in [4.69, 9.17) is 0 Å². The van der Waals surface area contributed by atoms with Crippen LogP contribution in [0.5, 0.6) is 0 Å². The predicted octanol–water partition coefficient (Wildman–Crippen LogP) is 1.47. The molecule has 0 aliphatic carbocycles. The van der Waals surface area contributed by atoms with Gasteiger partial charge < -0.3 is 4.79 Å². The highest BCUT2D eigenvalue weighted by Crippen LogP contribution is 2.01. The van der Waals surface area contributed by atoms with E-state index in [0.717, 1.165) is 22.8 Å². The Balaban J connectivity index is 2.32. The maximum atomic E-state index is 9.97.